The number of esters is 3. The summed E-state index contributed by atoms with van der Waals surface area (Å²) in [5.74, 6) is 1.20. The van der Waals surface area contributed by atoms with Gasteiger partial charge in [0.05, 0.1) is 5.41 Å². The van der Waals surface area contributed by atoms with Gasteiger partial charge in [-0.25, -0.2) is 0 Å². The van der Waals surface area contributed by atoms with Crippen molar-refractivity contribution >= 4 is 32.5 Å². The minimum atomic E-state index is -0.993. The van der Waals surface area contributed by atoms with Crippen LogP contribution in [0.5, 0.6) is 0 Å². The molecule has 276 valence electrons. The molecular weight excluding hydrogens is 636 g/mol. The molecule has 2 unspecified atom stereocenters. The number of likely N-dealkylation sites (N-methyl/N-ethyl adjacent to an activating group) is 1. The highest BCUT2D eigenvalue weighted by molar-refractivity contribution is 6.54. The first-order valence-corrected chi connectivity index (χ1v) is 19.4. The Kier molecular flexibility index (Phi) is 11.9. The van der Waals surface area contributed by atoms with Gasteiger partial charge in [-0.15, -0.1) is 0 Å². The van der Waals surface area contributed by atoms with Crippen molar-refractivity contribution < 1.29 is 28.6 Å². The van der Waals surface area contributed by atoms with Crippen molar-refractivity contribution in [2.24, 2.45) is 23.2 Å². The van der Waals surface area contributed by atoms with Crippen molar-refractivity contribution in [3.8, 4) is 0 Å². The Morgan fingerprint density at radius 2 is 1.22 bits per heavy atom. The maximum atomic E-state index is 14.6. The predicted octanol–water partition coefficient (Wildman–Crippen LogP) is 7.61. The number of carbonyl (C=O) groups excluding carboxylic acids is 3. The van der Waals surface area contributed by atoms with Gasteiger partial charge in [0.25, 0.3) is 0 Å². The second-order valence-electron chi connectivity index (χ2n) is 17.9. The molecule has 4 fully saturated rings. The molecule has 9 heteroatoms. The minimum absolute atomic E-state index is 0.188. The Bertz CT molecular complexity index is 1440. The number of nitrogens with zero attached hydrogens (tertiary/aromatic N) is 1. The summed E-state index contributed by atoms with van der Waals surface area (Å²) in [7, 11) is 4.83. The van der Waals surface area contributed by atoms with Crippen LogP contribution < -0.4 is 0 Å². The predicted molar refractivity (Wildman–Crippen MR) is 207 cm³/mol. The molecular formula is C42H61B2NO6. The van der Waals surface area contributed by atoms with E-state index in [9.17, 15) is 14.4 Å². The second kappa shape index (κ2) is 15.5. The normalized spacial score (nSPS) is 25.0. The van der Waals surface area contributed by atoms with Crippen molar-refractivity contribution in [1.82, 2.24) is 4.90 Å². The fraction of sp³-hybridized carbons (Fsp3) is 0.643. The van der Waals surface area contributed by atoms with Gasteiger partial charge in [-0.05, 0) is 94.8 Å². The van der Waals surface area contributed by atoms with E-state index in [1.807, 2.05) is 121 Å². The van der Waals surface area contributed by atoms with Crippen LogP contribution in [0.25, 0.3) is 0 Å². The quantitative estimate of drug-likeness (QED) is 0.0957. The summed E-state index contributed by atoms with van der Waals surface area (Å²) in [5, 5.41) is -1.64. The number of carbonyl (C=O) groups is 3. The van der Waals surface area contributed by atoms with Gasteiger partial charge >= 0.3 is 17.9 Å². The fourth-order valence-corrected chi connectivity index (χ4v) is 9.09. The highest BCUT2D eigenvalue weighted by Crippen LogP contribution is 2.58. The number of hydrogen-bond acceptors (Lipinski definition) is 7. The van der Waals surface area contributed by atoms with Crippen LogP contribution in [0.3, 0.4) is 0 Å². The van der Waals surface area contributed by atoms with Crippen LogP contribution in [0.2, 0.25) is 23.3 Å². The number of ether oxygens (including phenoxy) is 3. The number of benzene rings is 2. The van der Waals surface area contributed by atoms with E-state index in [1.54, 1.807) is 0 Å². The van der Waals surface area contributed by atoms with E-state index in [-0.39, 0.29) is 23.5 Å². The van der Waals surface area contributed by atoms with Gasteiger partial charge in [-0.2, -0.15) is 0 Å². The first-order valence-electron chi connectivity index (χ1n) is 19.4. The lowest BCUT2D eigenvalue weighted by Crippen LogP contribution is -2.54. The van der Waals surface area contributed by atoms with Gasteiger partial charge < -0.3 is 19.1 Å². The lowest BCUT2D eigenvalue weighted by molar-refractivity contribution is -0.189. The van der Waals surface area contributed by atoms with E-state index in [1.165, 1.54) is 19.3 Å². The molecule has 51 heavy (non-hydrogen) atoms. The van der Waals surface area contributed by atoms with E-state index >= 15 is 0 Å². The standard InChI is InChI=1S/C42H61B2NO6/c1-9-39(4,36(47)49-21-20-45(7)8)44-29-40(5,37(48)51-42-25-30-22-31(26-42)24-32(23-30)27-42)43-28-38(2,3)35(46)50-41(6,33-16-12-10-13-17-33)34-18-14-11-15-19-34/h10-19,30-32,43-44H,9,20-29H2,1-8H3. The van der Waals surface area contributed by atoms with Crippen molar-refractivity contribution in [3.05, 3.63) is 71.8 Å². The SMILES string of the molecule is CCC(C)(BCC(C)(BCC(C)(C)C(=O)OC(C)(c1ccccc1)c1ccccc1)C(=O)OC12CC3CC(CC(C3)C1)C2)C(=O)OCCN(C)C. The molecule has 0 spiro atoms. The monoisotopic (exact) mass is 697 g/mol. The average molecular weight is 698 g/mol. The smallest absolute Gasteiger partial charge is 0.312 e. The van der Waals surface area contributed by atoms with Crippen molar-refractivity contribution in [3.63, 3.8) is 0 Å². The molecule has 0 saturated heterocycles. The van der Waals surface area contributed by atoms with E-state index in [2.05, 4.69) is 0 Å². The summed E-state index contributed by atoms with van der Waals surface area (Å²) < 4.78 is 18.9. The molecule has 2 aromatic carbocycles. The number of rotatable bonds is 17. The molecule has 4 aliphatic rings. The van der Waals surface area contributed by atoms with Crippen LogP contribution in [-0.2, 0) is 34.2 Å². The van der Waals surface area contributed by atoms with Crippen molar-refractivity contribution in [2.45, 2.75) is 121 Å². The largest absolute Gasteiger partial charge is 0.464 e. The first kappa shape index (κ1) is 39.2. The van der Waals surface area contributed by atoms with E-state index < -0.39 is 21.6 Å². The lowest BCUT2D eigenvalue weighted by Gasteiger charge is -2.56. The minimum Gasteiger partial charge on any atom is -0.464 e. The summed E-state index contributed by atoms with van der Waals surface area (Å²) >= 11 is 0. The Balaban J connectivity index is 1.35. The zero-order valence-electron chi connectivity index (χ0n) is 32.6. The van der Waals surface area contributed by atoms with E-state index in [0.29, 0.717) is 64.5 Å². The molecule has 4 bridgehead atoms. The van der Waals surface area contributed by atoms with Gasteiger partial charge in [-0.1, -0.05) is 108 Å². The topological polar surface area (TPSA) is 82.1 Å². The van der Waals surface area contributed by atoms with Gasteiger partial charge in [-0.3, -0.25) is 14.4 Å². The van der Waals surface area contributed by atoms with E-state index in [4.69, 9.17) is 14.2 Å². The summed E-state index contributed by atoms with van der Waals surface area (Å²) in [4.78, 5) is 44.2. The van der Waals surface area contributed by atoms with Crippen LogP contribution in [-0.4, -0.2) is 70.2 Å². The maximum Gasteiger partial charge on any atom is 0.312 e. The zero-order valence-corrected chi connectivity index (χ0v) is 32.6. The van der Waals surface area contributed by atoms with Crippen LogP contribution >= 0.6 is 0 Å². The average Bonchev–Trinajstić information content (AvgIpc) is 3.09. The Morgan fingerprint density at radius 3 is 1.69 bits per heavy atom. The molecule has 0 amide bonds. The lowest BCUT2D eigenvalue weighted by atomic mass is 9.37. The Hall–Kier alpha value is -3.06. The third kappa shape index (κ3) is 8.95. The highest BCUT2D eigenvalue weighted by atomic mass is 16.6. The molecule has 0 aliphatic heterocycles. The molecule has 0 aromatic heterocycles. The molecule has 0 heterocycles. The zero-order chi connectivity index (χ0) is 37.1. The number of hydrogen-bond donors (Lipinski definition) is 0. The van der Waals surface area contributed by atoms with Gasteiger partial charge in [0.15, 0.2) is 5.60 Å². The van der Waals surface area contributed by atoms with E-state index in [0.717, 1.165) is 30.4 Å². The molecule has 2 aromatic rings. The van der Waals surface area contributed by atoms with Crippen LogP contribution in [0, 0.1) is 23.2 Å². The van der Waals surface area contributed by atoms with Crippen molar-refractivity contribution in [1.29, 1.82) is 0 Å². The fourth-order valence-electron chi connectivity index (χ4n) is 9.09. The summed E-state index contributed by atoms with van der Waals surface area (Å²) in [6.07, 6.45) is 8.16. The molecule has 0 radical (unpaired) electrons. The summed E-state index contributed by atoms with van der Waals surface area (Å²) in [5.41, 5.74) is -0.491. The second-order valence-corrected chi connectivity index (χ2v) is 17.9. The van der Waals surface area contributed by atoms with Gasteiger partial charge in [0.1, 0.15) is 26.8 Å². The molecule has 0 N–H and O–H groups in total. The molecule has 4 aliphatic carbocycles. The van der Waals surface area contributed by atoms with Crippen LogP contribution in [0.4, 0.5) is 0 Å². The maximum absolute atomic E-state index is 14.6. The Morgan fingerprint density at radius 1 is 0.725 bits per heavy atom. The molecule has 7 nitrogen and oxygen atoms in total. The molecule has 4 saturated carbocycles. The highest BCUT2D eigenvalue weighted by Gasteiger charge is 2.55. The summed E-state index contributed by atoms with van der Waals surface area (Å²) in [6.45, 7) is 12.7. The third-order valence-corrected chi connectivity index (χ3v) is 12.9. The first-order chi connectivity index (χ1) is 24.0. The molecule has 2 atom stereocenters. The van der Waals surface area contributed by atoms with Crippen LogP contribution in [0.1, 0.15) is 97.6 Å². The van der Waals surface area contributed by atoms with Crippen LogP contribution in [0.15, 0.2) is 60.7 Å². The van der Waals surface area contributed by atoms with Crippen molar-refractivity contribution in [2.75, 3.05) is 27.2 Å². The Labute approximate surface area is 308 Å². The third-order valence-electron chi connectivity index (χ3n) is 12.9. The van der Waals surface area contributed by atoms with Gasteiger partial charge in [0.2, 0.25) is 0 Å². The molecule has 6 rings (SSSR count). The summed E-state index contributed by atoms with van der Waals surface area (Å²) in [6, 6.07) is 19.7. The van der Waals surface area contributed by atoms with Gasteiger partial charge in [0, 0.05) is 17.2 Å².